The number of hydrogen-bond donors (Lipinski definition) is 0. The van der Waals surface area contributed by atoms with E-state index in [9.17, 15) is 57.5 Å². The van der Waals surface area contributed by atoms with Gasteiger partial charge in [-0.15, -0.1) is 0 Å². The van der Waals surface area contributed by atoms with Gasteiger partial charge in [-0.25, -0.2) is 0 Å². The highest BCUT2D eigenvalue weighted by Gasteiger charge is 2.37. The molecule has 6 aliphatic heterocycles. The lowest BCUT2D eigenvalue weighted by Gasteiger charge is -2.26. The molecule has 478 valence electrons. The Bertz CT molecular complexity index is 3840. The van der Waals surface area contributed by atoms with E-state index in [1.165, 1.54) is 42.3 Å². The molecule has 8 aromatic rings. The van der Waals surface area contributed by atoms with Crippen LogP contribution in [0.2, 0.25) is 0 Å². The van der Waals surface area contributed by atoms with Gasteiger partial charge in [0.1, 0.15) is 23.0 Å². The summed E-state index contributed by atoms with van der Waals surface area (Å²) in [6.45, 7) is 8.25. The van der Waals surface area contributed by atoms with E-state index in [1.54, 1.807) is 148 Å². The van der Waals surface area contributed by atoms with Crippen molar-refractivity contribution in [3.8, 4) is 23.0 Å². The summed E-state index contributed by atoms with van der Waals surface area (Å²) < 4.78 is 16.2. The van der Waals surface area contributed by atoms with Crippen LogP contribution in [0.15, 0.2) is 182 Å². The van der Waals surface area contributed by atoms with E-state index in [0.29, 0.717) is 89.8 Å². The highest BCUT2D eigenvalue weighted by Crippen LogP contribution is 2.37. The van der Waals surface area contributed by atoms with Crippen LogP contribution in [0.3, 0.4) is 0 Å². The summed E-state index contributed by atoms with van der Waals surface area (Å²) in [5.41, 5.74) is 7.29. The van der Waals surface area contributed by atoms with Gasteiger partial charge in [-0.05, 0) is 120 Å². The first-order chi connectivity index (χ1) is 44.8. The predicted octanol–water partition coefficient (Wildman–Crippen LogP) is 11.0. The van der Waals surface area contributed by atoms with E-state index in [2.05, 4.69) is 18.6 Å². The summed E-state index contributed by atoms with van der Waals surface area (Å²) in [5.74, 6) is -0.816. The lowest BCUT2D eigenvalue weighted by Crippen LogP contribution is -2.24. The van der Waals surface area contributed by atoms with Crippen molar-refractivity contribution in [1.29, 1.82) is 0 Å². The summed E-state index contributed by atoms with van der Waals surface area (Å²) in [6.07, 6.45) is 0. The third-order valence-electron chi connectivity index (χ3n) is 15.7. The molecule has 94 heavy (non-hydrogen) atoms. The average Bonchev–Trinajstić information content (AvgIpc) is 1.66. The number of hydrogen-bond acceptors (Lipinski definition) is 15. The molecule has 0 unspecified atom stereocenters. The number of imide groups is 6. The third kappa shape index (κ3) is 13.3. The number of ether oxygens (including phenoxy) is 3. The molecule has 0 saturated carbocycles. The molecule has 0 aromatic heterocycles. The van der Waals surface area contributed by atoms with Gasteiger partial charge in [0.25, 0.3) is 70.9 Å². The van der Waals surface area contributed by atoms with Gasteiger partial charge < -0.3 is 14.2 Å². The van der Waals surface area contributed by atoms with Gasteiger partial charge >= 0.3 is 0 Å². The van der Waals surface area contributed by atoms with Crippen LogP contribution in [0.5, 0.6) is 23.0 Å². The van der Waals surface area contributed by atoms with Crippen LogP contribution in [-0.2, 0) is 10.2 Å². The molecule has 0 radical (unpaired) electrons. The second kappa shape index (κ2) is 28.5. The van der Waals surface area contributed by atoms with Crippen molar-refractivity contribution in [2.75, 3.05) is 56.5 Å². The fourth-order valence-corrected chi connectivity index (χ4v) is 10.4. The van der Waals surface area contributed by atoms with E-state index in [4.69, 9.17) is 9.47 Å². The smallest absolute Gasteiger partial charge is 0.261 e. The first kappa shape index (κ1) is 68.1. The maximum atomic E-state index is 12.3. The lowest BCUT2D eigenvalue weighted by atomic mass is 9.78. The molecule has 8 aromatic carbocycles. The SMILES string of the molecule is CC.CN1C(=O)c2ccc(Oc3ccc(C(C)(C)c4ccc(Oc5ccc6c(c5)C(=O)N(C)C6=O)cc4)cc3)cc2C1=O.CN1C(=O)c2ccccc2C1=O.CN1C(=O)c2ccccc2C1=O.CN1C(=O)c2ccccc2C1=O.CN1C(=O)c2ccccc2C1=O.COC. The molecular formula is C73H66N6O15. The molecule has 0 spiro atoms. The van der Waals surface area contributed by atoms with E-state index in [1.807, 2.05) is 62.4 Å². The first-order valence-electron chi connectivity index (χ1n) is 29.4. The van der Waals surface area contributed by atoms with Crippen molar-refractivity contribution < 1.29 is 71.7 Å². The number of fused-ring (bicyclic) bond motifs is 6. The normalized spacial score (nSPS) is 14.3. The van der Waals surface area contributed by atoms with Gasteiger partial charge in [-0.2, -0.15) is 0 Å². The van der Waals surface area contributed by atoms with Crippen LogP contribution in [0.25, 0.3) is 0 Å². The quantitative estimate of drug-likeness (QED) is 0.140. The summed E-state index contributed by atoms with van der Waals surface area (Å²) >= 11 is 0. The minimum absolute atomic E-state index is 0.212. The number of carbonyl (C=O) groups is 12. The van der Waals surface area contributed by atoms with E-state index < -0.39 is 0 Å². The summed E-state index contributed by atoms with van der Waals surface area (Å²) in [5, 5.41) is 0. The van der Waals surface area contributed by atoms with Crippen molar-refractivity contribution in [2.24, 2.45) is 0 Å². The van der Waals surface area contributed by atoms with Crippen molar-refractivity contribution in [3.05, 3.63) is 260 Å². The molecule has 6 heterocycles. The van der Waals surface area contributed by atoms with E-state index in [-0.39, 0.29) is 76.3 Å². The molecule has 0 saturated heterocycles. The van der Waals surface area contributed by atoms with Gasteiger partial charge in [0.2, 0.25) is 0 Å². The zero-order valence-electron chi connectivity index (χ0n) is 53.6. The van der Waals surface area contributed by atoms with Crippen LogP contribution >= 0.6 is 0 Å². The number of amides is 12. The maximum Gasteiger partial charge on any atom is 0.261 e. The number of rotatable bonds is 6. The van der Waals surface area contributed by atoms with E-state index in [0.717, 1.165) is 40.5 Å². The van der Waals surface area contributed by atoms with Gasteiger partial charge in [-0.3, -0.25) is 86.9 Å². The Kier molecular flexibility index (Phi) is 20.7. The molecule has 6 aliphatic rings. The average molecular weight is 1270 g/mol. The summed E-state index contributed by atoms with van der Waals surface area (Å²) in [6, 6.07) is 52.6. The van der Waals surface area contributed by atoms with Gasteiger partial charge in [0.05, 0.1) is 66.8 Å². The standard InChI is InChI=1S/C33H26N2O6.4C9H7NO2.C2H6O.C2H6/c1-33(2,19-5-9-21(10-6-19)40-23-13-15-25-27(17-23)31(38)34(3)29(25)36)20-7-11-22(12-8-20)41-24-14-16-26-28(18-24)32(39)35(4)30(26)37;4*1-10-8(11)6-4-2-3-5-7(6)9(10)12;1-3-2;1-2/h5-18H,1-4H3;4*2-5H,1H3;1-2H3;1-2H3. The minimum atomic E-state index is -0.337. The molecule has 0 aliphatic carbocycles. The molecular weight excluding hydrogens is 1200 g/mol. The summed E-state index contributed by atoms with van der Waals surface area (Å²) in [4.78, 5) is 146. The molecule has 21 heteroatoms. The van der Waals surface area contributed by atoms with Crippen molar-refractivity contribution in [1.82, 2.24) is 29.4 Å². The van der Waals surface area contributed by atoms with Crippen molar-refractivity contribution in [2.45, 2.75) is 33.1 Å². The molecule has 14 rings (SSSR count). The first-order valence-corrected chi connectivity index (χ1v) is 29.4. The molecule has 0 fully saturated rings. The zero-order chi connectivity index (χ0) is 68.6. The van der Waals surface area contributed by atoms with Gasteiger partial charge in [0, 0.05) is 61.9 Å². The van der Waals surface area contributed by atoms with Gasteiger partial charge in [-0.1, -0.05) is 100 Å². The van der Waals surface area contributed by atoms with Crippen molar-refractivity contribution in [3.63, 3.8) is 0 Å². The van der Waals surface area contributed by atoms with Crippen LogP contribution < -0.4 is 9.47 Å². The molecule has 12 amide bonds. The largest absolute Gasteiger partial charge is 0.457 e. The highest BCUT2D eigenvalue weighted by molar-refractivity contribution is 6.24. The predicted molar refractivity (Wildman–Crippen MR) is 347 cm³/mol. The lowest BCUT2D eigenvalue weighted by molar-refractivity contribution is 0.0677. The van der Waals surface area contributed by atoms with Gasteiger partial charge in [0.15, 0.2) is 0 Å². The Morgan fingerprint density at radius 2 is 0.404 bits per heavy atom. The molecule has 0 N–H and O–H groups in total. The number of carbonyl (C=O) groups excluding carboxylic acids is 12. The number of methoxy groups -OCH3 is 1. The topological polar surface area (TPSA) is 252 Å². The van der Waals surface area contributed by atoms with E-state index >= 15 is 0 Å². The number of benzene rings is 8. The van der Waals surface area contributed by atoms with Crippen LogP contribution in [0, 0.1) is 0 Å². The Morgan fingerprint density at radius 3 is 0.596 bits per heavy atom. The Balaban J connectivity index is 0.000000172. The van der Waals surface area contributed by atoms with Crippen LogP contribution in [-0.4, -0.2) is 157 Å². The highest BCUT2D eigenvalue weighted by atomic mass is 16.5. The molecule has 21 nitrogen and oxygen atoms in total. The Hall–Kier alpha value is -11.8. The second-order valence-electron chi connectivity index (χ2n) is 21.9. The minimum Gasteiger partial charge on any atom is -0.457 e. The monoisotopic (exact) mass is 1270 g/mol. The molecule has 0 atom stereocenters. The Labute approximate surface area is 542 Å². The fourth-order valence-electron chi connectivity index (χ4n) is 10.4. The fraction of sp³-hybridized carbons (Fsp3) is 0.178. The van der Waals surface area contributed by atoms with Crippen LogP contribution in [0.4, 0.5) is 0 Å². The number of nitrogens with zero attached hydrogens (tertiary/aromatic N) is 6. The van der Waals surface area contributed by atoms with Crippen LogP contribution in [0.1, 0.15) is 163 Å². The zero-order valence-corrected chi connectivity index (χ0v) is 53.6. The third-order valence-corrected chi connectivity index (χ3v) is 15.7. The summed E-state index contributed by atoms with van der Waals surface area (Å²) in [7, 11) is 12.1. The van der Waals surface area contributed by atoms with Crippen molar-refractivity contribution >= 4 is 70.9 Å². The maximum absolute atomic E-state index is 12.3. The second-order valence-corrected chi connectivity index (χ2v) is 21.9. The molecule has 0 bridgehead atoms. The Morgan fingerprint density at radius 1 is 0.245 bits per heavy atom.